The van der Waals surface area contributed by atoms with Gasteiger partial charge in [0.2, 0.25) is 0 Å². The molecule has 0 unspecified atom stereocenters. The first-order valence-corrected chi connectivity index (χ1v) is 7.31. The maximum atomic E-state index is 11.0. The van der Waals surface area contributed by atoms with Crippen molar-refractivity contribution in [3.05, 3.63) is 0 Å². The molecule has 0 aliphatic carbocycles. The van der Waals surface area contributed by atoms with E-state index in [1.807, 2.05) is 21.0 Å². The minimum absolute atomic E-state index is 0.120. The molecule has 116 valence electrons. The number of fused-ring (bicyclic) bond motifs is 1. The van der Waals surface area contributed by atoms with Gasteiger partial charge in [-0.3, -0.25) is 0 Å². The minimum Gasteiger partial charge on any atom is -0.384 e. The smallest absolute Gasteiger partial charge is 0.166 e. The molecule has 0 radical (unpaired) electrons. The molecule has 0 aromatic heterocycles. The third kappa shape index (κ3) is 1.40. The quantitative estimate of drug-likeness (QED) is 0.673. The van der Waals surface area contributed by atoms with E-state index < -0.39 is 11.3 Å². The van der Waals surface area contributed by atoms with E-state index >= 15 is 0 Å². The van der Waals surface area contributed by atoms with Crippen LogP contribution in [0.3, 0.4) is 0 Å². The van der Waals surface area contributed by atoms with Crippen LogP contribution < -0.4 is 0 Å². The van der Waals surface area contributed by atoms with E-state index in [1.165, 1.54) is 0 Å². The van der Waals surface area contributed by atoms with Gasteiger partial charge in [0.25, 0.3) is 0 Å². The van der Waals surface area contributed by atoms with E-state index in [0.29, 0.717) is 6.54 Å². The van der Waals surface area contributed by atoms with E-state index in [0.717, 1.165) is 13.0 Å². The van der Waals surface area contributed by atoms with Crippen molar-refractivity contribution < 1.29 is 9.84 Å². The Morgan fingerprint density at radius 3 is 1.90 bits per heavy atom. The molecule has 0 bridgehead atoms. The Morgan fingerprint density at radius 2 is 1.45 bits per heavy atom. The molecule has 0 aromatic carbocycles. The second-order valence-corrected chi connectivity index (χ2v) is 7.52. The standard InChI is InChI=1S/C14H28N4O2/c1-11-8-14(12(2,19)9-15(4)18(14)7)20-13(11,3)10-16(5)17(11)6/h19H,8-10H2,1-7H3/t11-,12+,13-,14-/m1/s1. The Bertz CT molecular complexity index is 445. The Kier molecular flexibility index (Phi) is 2.75. The van der Waals surface area contributed by atoms with Crippen molar-refractivity contribution in [3.63, 3.8) is 0 Å². The molecule has 6 heteroatoms. The maximum absolute atomic E-state index is 11.0. The third-order valence-electron chi connectivity index (χ3n) is 6.29. The van der Waals surface area contributed by atoms with E-state index in [-0.39, 0.29) is 11.1 Å². The normalized spacial score (nSPS) is 55.2. The minimum atomic E-state index is -0.883. The highest BCUT2D eigenvalue weighted by Crippen LogP contribution is 2.58. The maximum Gasteiger partial charge on any atom is 0.166 e. The molecule has 4 atom stereocenters. The zero-order valence-corrected chi connectivity index (χ0v) is 13.8. The van der Waals surface area contributed by atoms with Crippen LogP contribution >= 0.6 is 0 Å². The summed E-state index contributed by atoms with van der Waals surface area (Å²) in [6, 6.07) is 0. The van der Waals surface area contributed by atoms with Crippen molar-refractivity contribution in [2.75, 3.05) is 41.3 Å². The molecule has 6 nitrogen and oxygen atoms in total. The zero-order valence-electron chi connectivity index (χ0n) is 13.8. The van der Waals surface area contributed by atoms with E-state index in [2.05, 4.69) is 48.0 Å². The number of aliphatic hydroxyl groups is 1. The van der Waals surface area contributed by atoms with Gasteiger partial charge in [-0.1, -0.05) is 0 Å². The van der Waals surface area contributed by atoms with Gasteiger partial charge in [-0.15, -0.1) is 0 Å². The summed E-state index contributed by atoms with van der Waals surface area (Å²) in [5, 5.41) is 19.6. The lowest BCUT2D eigenvalue weighted by atomic mass is 9.79. The van der Waals surface area contributed by atoms with Crippen LogP contribution in [0.15, 0.2) is 0 Å². The molecular weight excluding hydrogens is 256 g/mol. The summed E-state index contributed by atoms with van der Waals surface area (Å²) in [7, 11) is 8.22. The van der Waals surface area contributed by atoms with Crippen molar-refractivity contribution >= 4 is 0 Å². The Hall–Kier alpha value is -0.240. The predicted octanol–water partition coefficient (Wildman–Crippen LogP) is -0.0442. The monoisotopic (exact) mass is 284 g/mol. The van der Waals surface area contributed by atoms with Crippen molar-refractivity contribution in [2.24, 2.45) is 0 Å². The van der Waals surface area contributed by atoms with Crippen LogP contribution in [0.4, 0.5) is 0 Å². The highest BCUT2D eigenvalue weighted by atomic mass is 16.6. The van der Waals surface area contributed by atoms with E-state index in [4.69, 9.17) is 4.74 Å². The van der Waals surface area contributed by atoms with Gasteiger partial charge in [0.15, 0.2) is 5.72 Å². The lowest BCUT2D eigenvalue weighted by Gasteiger charge is -2.42. The highest BCUT2D eigenvalue weighted by molar-refractivity contribution is 5.21. The van der Waals surface area contributed by atoms with Crippen LogP contribution in [0.25, 0.3) is 0 Å². The van der Waals surface area contributed by atoms with Gasteiger partial charge < -0.3 is 9.84 Å². The number of β-amino-alcohol motifs (C(OH)–C–C–N with tert-alkyl or cyclic N) is 1. The van der Waals surface area contributed by atoms with Gasteiger partial charge in [-0.05, 0) is 20.8 Å². The van der Waals surface area contributed by atoms with Gasteiger partial charge in [-0.2, -0.15) is 0 Å². The number of nitrogens with zero attached hydrogens (tertiary/aromatic N) is 4. The molecule has 3 aliphatic rings. The number of rotatable bonds is 0. The molecule has 0 aromatic rings. The fourth-order valence-electron chi connectivity index (χ4n) is 4.53. The number of hydrogen-bond donors (Lipinski definition) is 1. The van der Waals surface area contributed by atoms with Crippen molar-refractivity contribution in [2.45, 2.75) is 49.7 Å². The second-order valence-electron chi connectivity index (χ2n) is 7.52. The van der Waals surface area contributed by atoms with Crippen LogP contribution in [0.5, 0.6) is 0 Å². The Labute approximate surface area is 121 Å². The number of ether oxygens (including phenoxy) is 1. The molecule has 3 fully saturated rings. The Balaban J connectivity index is 2.06. The summed E-state index contributed by atoms with van der Waals surface area (Å²) in [4.78, 5) is 0. The lowest BCUT2D eigenvalue weighted by molar-refractivity contribution is -0.244. The van der Waals surface area contributed by atoms with Crippen LogP contribution in [0.1, 0.15) is 27.2 Å². The first-order chi connectivity index (χ1) is 8.99. The largest absolute Gasteiger partial charge is 0.384 e. The van der Waals surface area contributed by atoms with E-state index in [1.54, 1.807) is 0 Å². The topological polar surface area (TPSA) is 42.4 Å². The molecule has 3 heterocycles. The summed E-state index contributed by atoms with van der Waals surface area (Å²) in [5.74, 6) is 0. The van der Waals surface area contributed by atoms with Gasteiger partial charge in [-0.25, -0.2) is 20.0 Å². The molecule has 3 aliphatic heterocycles. The van der Waals surface area contributed by atoms with Crippen molar-refractivity contribution in [3.8, 4) is 0 Å². The SMILES string of the molecule is CN1C[C@@]2(C)O[C@@]3(C[C@@]2(C)N1C)N(C)N(C)C[C@]3(C)O. The van der Waals surface area contributed by atoms with Gasteiger partial charge in [0, 0.05) is 47.7 Å². The Morgan fingerprint density at radius 1 is 0.900 bits per heavy atom. The average Bonchev–Trinajstić information content (AvgIpc) is 2.71. The molecule has 1 N–H and O–H groups in total. The van der Waals surface area contributed by atoms with Crippen molar-refractivity contribution in [1.29, 1.82) is 0 Å². The fraction of sp³-hybridized carbons (Fsp3) is 1.00. The first-order valence-electron chi connectivity index (χ1n) is 7.31. The molecule has 0 saturated carbocycles. The molecule has 3 rings (SSSR count). The van der Waals surface area contributed by atoms with Gasteiger partial charge in [0.1, 0.15) is 11.2 Å². The average molecular weight is 284 g/mol. The highest BCUT2D eigenvalue weighted by Gasteiger charge is 2.74. The number of hydrazine groups is 2. The first kappa shape index (κ1) is 14.7. The van der Waals surface area contributed by atoms with Crippen LogP contribution in [0, 0.1) is 0 Å². The lowest BCUT2D eigenvalue weighted by Crippen LogP contribution is -2.59. The third-order valence-corrected chi connectivity index (χ3v) is 6.29. The van der Waals surface area contributed by atoms with E-state index in [9.17, 15) is 5.11 Å². The summed E-state index contributed by atoms with van der Waals surface area (Å²) >= 11 is 0. The fourth-order valence-corrected chi connectivity index (χ4v) is 4.53. The molecule has 3 saturated heterocycles. The molecule has 1 spiro atoms. The predicted molar refractivity (Wildman–Crippen MR) is 76.7 cm³/mol. The molecule has 0 amide bonds. The second kappa shape index (κ2) is 3.74. The summed E-state index contributed by atoms with van der Waals surface area (Å²) < 4.78 is 6.61. The number of hydrogen-bond acceptors (Lipinski definition) is 6. The molecular formula is C14H28N4O2. The summed E-state index contributed by atoms with van der Waals surface area (Å²) in [5.41, 5.74) is -1.95. The van der Waals surface area contributed by atoms with Crippen LogP contribution in [-0.2, 0) is 4.74 Å². The van der Waals surface area contributed by atoms with Crippen LogP contribution in [-0.4, -0.2) is 88.9 Å². The van der Waals surface area contributed by atoms with Crippen molar-refractivity contribution in [1.82, 2.24) is 20.0 Å². The zero-order chi connectivity index (χ0) is 15.1. The molecule has 20 heavy (non-hydrogen) atoms. The summed E-state index contributed by atoms with van der Waals surface area (Å²) in [6.07, 6.45) is 0.783. The summed E-state index contributed by atoms with van der Waals surface area (Å²) in [6.45, 7) is 7.74. The number of likely N-dealkylation sites (N-methyl/N-ethyl adjacent to an activating group) is 4. The van der Waals surface area contributed by atoms with Gasteiger partial charge >= 0.3 is 0 Å². The van der Waals surface area contributed by atoms with Gasteiger partial charge in [0.05, 0.1) is 5.54 Å². The van der Waals surface area contributed by atoms with Crippen LogP contribution in [0.2, 0.25) is 0 Å².